The second-order valence-electron chi connectivity index (χ2n) is 5.74. The highest BCUT2D eigenvalue weighted by atomic mass is 16.6. The van der Waals surface area contributed by atoms with Crippen LogP contribution >= 0.6 is 0 Å². The van der Waals surface area contributed by atoms with Gasteiger partial charge in [0.2, 0.25) is 0 Å². The summed E-state index contributed by atoms with van der Waals surface area (Å²) in [7, 11) is 1.20. The maximum absolute atomic E-state index is 11.9. The molecule has 0 atom stereocenters. The fraction of sp³-hybridized carbons (Fsp3) is 0.812. The van der Waals surface area contributed by atoms with Gasteiger partial charge in [-0.1, -0.05) is 0 Å². The summed E-state index contributed by atoms with van der Waals surface area (Å²) in [5.41, 5.74) is -1.28. The largest absolute Gasteiger partial charge is 0.468 e. The maximum atomic E-state index is 11.9. The number of methoxy groups -OCH3 is 1. The first-order valence-corrected chi connectivity index (χ1v) is 8.01. The maximum Gasteiger partial charge on any atom is 0.318 e. The van der Waals surface area contributed by atoms with E-state index in [2.05, 4.69) is 4.74 Å². The van der Waals surface area contributed by atoms with E-state index in [1.54, 1.807) is 0 Å². The highest BCUT2D eigenvalue weighted by Crippen LogP contribution is 2.21. The fourth-order valence-corrected chi connectivity index (χ4v) is 1.79. The lowest BCUT2D eigenvalue weighted by Gasteiger charge is -2.25. The number of ether oxygens (including phenoxy) is 3. The zero-order chi connectivity index (χ0) is 18.4. The summed E-state index contributed by atoms with van der Waals surface area (Å²) in [5.74, 6) is -1.63. The van der Waals surface area contributed by atoms with E-state index in [9.17, 15) is 14.4 Å². The smallest absolute Gasteiger partial charge is 0.318 e. The molecule has 0 aliphatic rings. The first-order valence-electron chi connectivity index (χ1n) is 8.01. The Morgan fingerprint density at radius 3 is 1.58 bits per heavy atom. The van der Waals surface area contributed by atoms with Crippen molar-refractivity contribution in [2.24, 2.45) is 5.41 Å². The molecule has 0 saturated heterocycles. The molecular weight excluding hydrogens is 320 g/mol. The van der Waals surface area contributed by atoms with Crippen molar-refractivity contribution in [2.75, 3.05) is 33.5 Å². The number of aliphatic hydroxyl groups is 2. The van der Waals surface area contributed by atoms with Crippen molar-refractivity contribution in [1.29, 1.82) is 0 Å². The monoisotopic (exact) mass is 348 g/mol. The molecule has 8 heteroatoms. The summed E-state index contributed by atoms with van der Waals surface area (Å²) in [5, 5.41) is 17.3. The molecule has 8 nitrogen and oxygen atoms in total. The van der Waals surface area contributed by atoms with Crippen molar-refractivity contribution < 1.29 is 38.8 Å². The lowest BCUT2D eigenvalue weighted by Crippen LogP contribution is -2.40. The van der Waals surface area contributed by atoms with Crippen LogP contribution in [0.3, 0.4) is 0 Å². The number of rotatable bonds is 13. The Bertz CT molecular complexity index is 368. The predicted octanol–water partition coefficient (Wildman–Crippen LogP) is 0.577. The summed E-state index contributed by atoms with van der Waals surface area (Å²) in [4.78, 5) is 35.1. The Morgan fingerprint density at radius 1 is 0.833 bits per heavy atom. The topological polar surface area (TPSA) is 119 Å². The van der Waals surface area contributed by atoms with Gasteiger partial charge in [0.15, 0.2) is 0 Å². The molecule has 0 aromatic rings. The van der Waals surface area contributed by atoms with Crippen molar-refractivity contribution >= 4 is 17.9 Å². The number of unbranched alkanes of at least 4 members (excludes halogenated alkanes) is 2. The van der Waals surface area contributed by atoms with Gasteiger partial charge in [-0.15, -0.1) is 0 Å². The third kappa shape index (κ3) is 9.46. The van der Waals surface area contributed by atoms with Crippen LogP contribution < -0.4 is 0 Å². The molecule has 24 heavy (non-hydrogen) atoms. The van der Waals surface area contributed by atoms with Gasteiger partial charge in [-0.2, -0.15) is 0 Å². The van der Waals surface area contributed by atoms with Gasteiger partial charge < -0.3 is 24.4 Å². The molecule has 0 aromatic heterocycles. The molecule has 0 aliphatic carbocycles. The molecule has 0 bridgehead atoms. The lowest BCUT2D eigenvalue weighted by molar-refractivity contribution is -0.168. The molecule has 0 fully saturated rings. The van der Waals surface area contributed by atoms with Crippen molar-refractivity contribution in [1.82, 2.24) is 0 Å². The second kappa shape index (κ2) is 12.7. The molecule has 0 aromatic carbocycles. The molecule has 2 N–H and O–H groups in total. The zero-order valence-corrected chi connectivity index (χ0v) is 14.4. The van der Waals surface area contributed by atoms with E-state index in [0.717, 1.165) is 0 Å². The summed E-state index contributed by atoms with van der Waals surface area (Å²) in [6.07, 6.45) is 2.25. The van der Waals surface area contributed by atoms with Crippen molar-refractivity contribution in [3.05, 3.63) is 0 Å². The average molecular weight is 348 g/mol. The molecule has 0 aliphatic heterocycles. The van der Waals surface area contributed by atoms with Crippen LogP contribution in [0.5, 0.6) is 0 Å². The van der Waals surface area contributed by atoms with Crippen LogP contribution in [0.15, 0.2) is 0 Å². The quantitative estimate of drug-likeness (QED) is 0.282. The van der Waals surface area contributed by atoms with E-state index in [-0.39, 0.29) is 39.3 Å². The van der Waals surface area contributed by atoms with Crippen LogP contribution in [0.4, 0.5) is 0 Å². The third-order valence-corrected chi connectivity index (χ3v) is 3.36. The van der Waals surface area contributed by atoms with E-state index in [0.29, 0.717) is 25.7 Å². The molecule has 0 unspecified atom stereocenters. The number of aliphatic hydroxyl groups excluding tert-OH is 2. The number of hydrogen-bond donors (Lipinski definition) is 2. The van der Waals surface area contributed by atoms with E-state index in [4.69, 9.17) is 19.7 Å². The van der Waals surface area contributed by atoms with Crippen LogP contribution in [-0.2, 0) is 28.6 Å². The number of carbonyl (C=O) groups excluding carboxylic acids is 3. The van der Waals surface area contributed by atoms with Crippen LogP contribution in [0.25, 0.3) is 0 Å². The van der Waals surface area contributed by atoms with E-state index >= 15 is 0 Å². The van der Waals surface area contributed by atoms with Crippen molar-refractivity contribution in [2.45, 2.75) is 45.4 Å². The van der Waals surface area contributed by atoms with Gasteiger partial charge in [0, 0.05) is 26.1 Å². The van der Waals surface area contributed by atoms with Crippen molar-refractivity contribution in [3.8, 4) is 0 Å². The molecule has 0 amide bonds. The third-order valence-electron chi connectivity index (χ3n) is 3.36. The van der Waals surface area contributed by atoms with Crippen LogP contribution in [0, 0.1) is 5.41 Å². The van der Waals surface area contributed by atoms with Gasteiger partial charge in [0.25, 0.3) is 0 Å². The fourth-order valence-electron chi connectivity index (χ4n) is 1.79. The predicted molar refractivity (Wildman–Crippen MR) is 83.9 cm³/mol. The normalized spacial score (nSPS) is 11.0. The number of esters is 3. The Kier molecular flexibility index (Phi) is 11.8. The molecule has 0 heterocycles. The summed E-state index contributed by atoms with van der Waals surface area (Å²) in [6.45, 7) is 0.961. The van der Waals surface area contributed by atoms with Crippen LogP contribution in [0.1, 0.15) is 45.4 Å². The van der Waals surface area contributed by atoms with Gasteiger partial charge in [-0.05, 0) is 32.6 Å². The molecule has 0 radical (unpaired) electrons. The first kappa shape index (κ1) is 22.3. The SMILES string of the molecule is COC(=O)C(C)(COC(=O)CCCCO)COC(=O)CCCCO. The standard InChI is InChI=1S/C16H28O8/c1-16(15(21)22-2,11-23-13(19)7-3-5-9-17)12-24-14(20)8-4-6-10-18/h17-18H,3-12H2,1-2H3. The average Bonchev–Trinajstić information content (AvgIpc) is 2.58. The van der Waals surface area contributed by atoms with E-state index in [1.807, 2.05) is 0 Å². The summed E-state index contributed by atoms with van der Waals surface area (Å²) >= 11 is 0. The Hall–Kier alpha value is -1.67. The van der Waals surface area contributed by atoms with Crippen LogP contribution in [0.2, 0.25) is 0 Å². The minimum absolute atomic E-state index is 0.000606. The highest BCUT2D eigenvalue weighted by Gasteiger charge is 2.38. The number of carbonyl (C=O) groups is 3. The minimum Gasteiger partial charge on any atom is -0.468 e. The Balaban J connectivity index is 4.42. The van der Waals surface area contributed by atoms with Gasteiger partial charge in [-0.3, -0.25) is 14.4 Å². The van der Waals surface area contributed by atoms with Gasteiger partial charge in [0.1, 0.15) is 18.6 Å². The van der Waals surface area contributed by atoms with Crippen LogP contribution in [-0.4, -0.2) is 61.7 Å². The van der Waals surface area contributed by atoms with E-state index in [1.165, 1.54) is 14.0 Å². The zero-order valence-electron chi connectivity index (χ0n) is 14.4. The first-order chi connectivity index (χ1) is 11.4. The van der Waals surface area contributed by atoms with Gasteiger partial charge >= 0.3 is 17.9 Å². The van der Waals surface area contributed by atoms with Crippen molar-refractivity contribution in [3.63, 3.8) is 0 Å². The molecular formula is C16H28O8. The minimum atomic E-state index is -1.28. The summed E-state index contributed by atoms with van der Waals surface area (Å²) in [6, 6.07) is 0. The highest BCUT2D eigenvalue weighted by molar-refractivity contribution is 5.78. The molecule has 140 valence electrons. The molecule has 0 spiro atoms. The van der Waals surface area contributed by atoms with Gasteiger partial charge in [0.05, 0.1) is 7.11 Å². The van der Waals surface area contributed by atoms with E-state index < -0.39 is 23.3 Å². The van der Waals surface area contributed by atoms with Gasteiger partial charge in [-0.25, -0.2) is 0 Å². The number of hydrogen-bond acceptors (Lipinski definition) is 8. The Labute approximate surface area is 142 Å². The molecule has 0 rings (SSSR count). The summed E-state index contributed by atoms with van der Waals surface area (Å²) < 4.78 is 14.8. The lowest BCUT2D eigenvalue weighted by atomic mass is 9.93. The second-order valence-corrected chi connectivity index (χ2v) is 5.74. The molecule has 0 saturated carbocycles. The Morgan fingerprint density at radius 2 is 1.25 bits per heavy atom.